The highest BCUT2D eigenvalue weighted by atomic mass is 35.5. The first kappa shape index (κ1) is 12.4. The molecule has 1 heterocycles. The highest BCUT2D eigenvalue weighted by Crippen LogP contribution is 2.28. The average molecular weight is 255 g/mol. The summed E-state index contributed by atoms with van der Waals surface area (Å²) in [5, 5.41) is 3.74. The number of halogens is 1. The molecule has 0 saturated heterocycles. The van der Waals surface area contributed by atoms with Gasteiger partial charge in [-0.25, -0.2) is 9.97 Å². The van der Waals surface area contributed by atoms with Crippen molar-refractivity contribution in [2.24, 2.45) is 5.92 Å². The Morgan fingerprint density at radius 2 is 2.06 bits per heavy atom. The zero-order valence-electron chi connectivity index (χ0n) is 10.1. The first-order valence-electron chi connectivity index (χ1n) is 6.21. The highest BCUT2D eigenvalue weighted by molar-refractivity contribution is 6.32. The highest BCUT2D eigenvalue weighted by Gasteiger charge is 2.21. The van der Waals surface area contributed by atoms with Crippen molar-refractivity contribution in [1.82, 2.24) is 9.97 Å². The van der Waals surface area contributed by atoms with Crippen molar-refractivity contribution >= 4 is 23.1 Å². The van der Waals surface area contributed by atoms with Gasteiger partial charge in [0.2, 0.25) is 0 Å². The lowest BCUT2D eigenvalue weighted by Crippen LogP contribution is -2.27. The Balaban J connectivity index is 2.10. The van der Waals surface area contributed by atoms with E-state index in [0.717, 1.165) is 0 Å². The predicted molar refractivity (Wildman–Crippen MR) is 71.1 cm³/mol. The van der Waals surface area contributed by atoms with Crippen molar-refractivity contribution < 1.29 is 0 Å². The predicted octanol–water partition coefficient (Wildman–Crippen LogP) is 3.09. The first-order valence-corrected chi connectivity index (χ1v) is 6.59. The van der Waals surface area contributed by atoms with Crippen LogP contribution in [0.2, 0.25) is 5.15 Å². The van der Waals surface area contributed by atoms with E-state index in [1.54, 1.807) is 0 Å². The maximum absolute atomic E-state index is 5.88. The lowest BCUT2D eigenvalue weighted by molar-refractivity contribution is 0.456. The molecule has 0 bridgehead atoms. The molecule has 3 N–H and O–H groups in total. The maximum Gasteiger partial charge on any atom is 0.157 e. The van der Waals surface area contributed by atoms with E-state index in [0.29, 0.717) is 28.6 Å². The molecule has 2 rings (SSSR count). The molecule has 1 aliphatic carbocycles. The van der Waals surface area contributed by atoms with Gasteiger partial charge in [0.25, 0.3) is 0 Å². The zero-order chi connectivity index (χ0) is 12.3. The number of aromatic nitrogens is 2. The summed E-state index contributed by atoms with van der Waals surface area (Å²) >= 11 is 5.88. The number of nitrogen functional groups attached to an aromatic ring is 1. The molecule has 0 amide bonds. The molecule has 0 aromatic carbocycles. The molecule has 4 nitrogen and oxygen atoms in total. The summed E-state index contributed by atoms with van der Waals surface area (Å²) in [6, 6.07) is 0.436. The molecule has 2 unspecified atom stereocenters. The average Bonchev–Trinajstić information content (AvgIpc) is 2.51. The minimum atomic E-state index is 0.323. The van der Waals surface area contributed by atoms with Gasteiger partial charge in [0.05, 0.1) is 0 Å². The molecule has 1 aromatic heterocycles. The molecule has 1 aliphatic rings. The van der Waals surface area contributed by atoms with Gasteiger partial charge in [0.15, 0.2) is 11.0 Å². The minimum absolute atomic E-state index is 0.323. The van der Waals surface area contributed by atoms with Crippen molar-refractivity contribution in [3.63, 3.8) is 0 Å². The van der Waals surface area contributed by atoms with Crippen LogP contribution in [0.25, 0.3) is 0 Å². The van der Waals surface area contributed by atoms with E-state index in [9.17, 15) is 0 Å². The summed E-state index contributed by atoms with van der Waals surface area (Å²) in [5.74, 6) is 1.31. The number of hydrogen-bond donors (Lipinski definition) is 2. The molecule has 2 atom stereocenters. The fraction of sp³-hybridized carbons (Fsp3) is 0.667. The Morgan fingerprint density at radius 1 is 1.29 bits per heavy atom. The van der Waals surface area contributed by atoms with E-state index in [4.69, 9.17) is 17.3 Å². The van der Waals surface area contributed by atoms with Crippen LogP contribution in [0.15, 0.2) is 6.33 Å². The molecule has 17 heavy (non-hydrogen) atoms. The number of nitrogens with one attached hydrogen (secondary N) is 1. The SMILES string of the molecule is CC1CCCCCC1Nc1ncnc(Cl)c1N. The molecular weight excluding hydrogens is 236 g/mol. The number of rotatable bonds is 2. The molecule has 5 heteroatoms. The maximum atomic E-state index is 5.88. The van der Waals surface area contributed by atoms with Crippen molar-refractivity contribution in [2.75, 3.05) is 11.1 Å². The van der Waals surface area contributed by atoms with Gasteiger partial charge in [-0.1, -0.05) is 37.8 Å². The van der Waals surface area contributed by atoms with E-state index < -0.39 is 0 Å². The van der Waals surface area contributed by atoms with Crippen LogP contribution in [0.1, 0.15) is 39.0 Å². The van der Waals surface area contributed by atoms with Crippen molar-refractivity contribution in [1.29, 1.82) is 0 Å². The van der Waals surface area contributed by atoms with Crippen LogP contribution in [0.4, 0.5) is 11.5 Å². The fourth-order valence-electron chi connectivity index (χ4n) is 2.37. The number of hydrogen-bond acceptors (Lipinski definition) is 4. The number of nitrogens with zero attached hydrogens (tertiary/aromatic N) is 2. The first-order chi connectivity index (χ1) is 8.18. The van der Waals surface area contributed by atoms with Gasteiger partial charge in [-0.15, -0.1) is 0 Å². The molecular formula is C12H19ClN4. The summed E-state index contributed by atoms with van der Waals surface area (Å²) in [4.78, 5) is 8.03. The van der Waals surface area contributed by atoms with E-state index in [1.165, 1.54) is 38.4 Å². The third-order valence-electron chi connectivity index (χ3n) is 3.52. The third-order valence-corrected chi connectivity index (χ3v) is 3.82. The van der Waals surface area contributed by atoms with Gasteiger partial charge in [-0.3, -0.25) is 0 Å². The quantitative estimate of drug-likeness (QED) is 0.629. The van der Waals surface area contributed by atoms with Crippen molar-refractivity contribution in [3.8, 4) is 0 Å². The molecule has 0 spiro atoms. The van der Waals surface area contributed by atoms with Crippen LogP contribution in [0.5, 0.6) is 0 Å². The molecule has 1 aromatic rings. The van der Waals surface area contributed by atoms with Crippen LogP contribution in [-0.4, -0.2) is 16.0 Å². The normalized spacial score (nSPS) is 25.3. The monoisotopic (exact) mass is 254 g/mol. The topological polar surface area (TPSA) is 63.8 Å². The number of anilines is 2. The van der Waals surface area contributed by atoms with E-state index in [1.807, 2.05) is 0 Å². The second-order valence-electron chi connectivity index (χ2n) is 4.79. The van der Waals surface area contributed by atoms with Crippen LogP contribution >= 0.6 is 11.6 Å². The summed E-state index contributed by atoms with van der Waals surface area (Å²) in [7, 11) is 0. The third kappa shape index (κ3) is 3.00. The Morgan fingerprint density at radius 3 is 2.88 bits per heavy atom. The lowest BCUT2D eigenvalue weighted by atomic mass is 9.97. The summed E-state index contributed by atoms with van der Waals surface area (Å²) in [6.45, 7) is 2.28. The van der Waals surface area contributed by atoms with Gasteiger partial charge in [0.1, 0.15) is 12.0 Å². The van der Waals surface area contributed by atoms with Crippen LogP contribution in [0, 0.1) is 5.92 Å². The van der Waals surface area contributed by atoms with E-state index in [2.05, 4.69) is 22.2 Å². The largest absolute Gasteiger partial charge is 0.393 e. The van der Waals surface area contributed by atoms with Crippen molar-refractivity contribution in [3.05, 3.63) is 11.5 Å². The molecule has 0 radical (unpaired) electrons. The van der Waals surface area contributed by atoms with Gasteiger partial charge < -0.3 is 11.1 Å². The Kier molecular flexibility index (Phi) is 4.05. The van der Waals surface area contributed by atoms with Crippen LogP contribution in [-0.2, 0) is 0 Å². The van der Waals surface area contributed by atoms with Gasteiger partial charge in [0, 0.05) is 6.04 Å². The van der Waals surface area contributed by atoms with Crippen molar-refractivity contribution in [2.45, 2.75) is 45.1 Å². The Bertz CT molecular complexity index is 383. The molecule has 1 fully saturated rings. The summed E-state index contributed by atoms with van der Waals surface area (Å²) in [5.41, 5.74) is 6.31. The van der Waals surface area contributed by atoms with Gasteiger partial charge in [-0.2, -0.15) is 0 Å². The molecule has 94 valence electrons. The van der Waals surface area contributed by atoms with Gasteiger partial charge in [-0.05, 0) is 18.8 Å². The van der Waals surface area contributed by atoms with Crippen LogP contribution in [0.3, 0.4) is 0 Å². The van der Waals surface area contributed by atoms with Gasteiger partial charge >= 0.3 is 0 Å². The summed E-state index contributed by atoms with van der Waals surface area (Å²) < 4.78 is 0. The Labute approximate surface area is 107 Å². The van der Waals surface area contributed by atoms with Crippen LogP contribution < -0.4 is 11.1 Å². The summed E-state index contributed by atoms with van der Waals surface area (Å²) in [6.07, 6.45) is 7.78. The Hall–Kier alpha value is -1.03. The minimum Gasteiger partial charge on any atom is -0.393 e. The number of nitrogens with two attached hydrogens (primary N) is 1. The standard InChI is InChI=1S/C12H19ClN4/c1-8-5-3-2-4-6-9(8)17-12-10(14)11(13)15-7-16-12/h7-9H,2-6,14H2,1H3,(H,15,16,17). The fourth-order valence-corrected chi connectivity index (χ4v) is 2.51. The lowest BCUT2D eigenvalue weighted by Gasteiger charge is -2.24. The second-order valence-corrected chi connectivity index (χ2v) is 5.15. The van der Waals surface area contributed by atoms with E-state index in [-0.39, 0.29) is 0 Å². The van der Waals surface area contributed by atoms with E-state index >= 15 is 0 Å². The smallest absolute Gasteiger partial charge is 0.157 e. The zero-order valence-corrected chi connectivity index (χ0v) is 10.9. The molecule has 1 saturated carbocycles. The molecule has 0 aliphatic heterocycles. The second kappa shape index (κ2) is 5.54.